The third-order valence-electron chi connectivity index (χ3n) is 5.19. The zero-order chi connectivity index (χ0) is 17.4. The predicted molar refractivity (Wildman–Crippen MR) is 96.2 cm³/mol. The molecule has 25 heavy (non-hydrogen) atoms. The Morgan fingerprint density at radius 2 is 2.20 bits per heavy atom. The molecule has 2 aliphatic rings. The average molecular weight is 342 g/mol. The summed E-state index contributed by atoms with van der Waals surface area (Å²) in [6.07, 6.45) is 3.50. The molecule has 2 aliphatic heterocycles. The number of H-pyrrole nitrogens is 1. The summed E-state index contributed by atoms with van der Waals surface area (Å²) < 4.78 is 11.3. The summed E-state index contributed by atoms with van der Waals surface area (Å²) in [6.45, 7) is 4.54. The largest absolute Gasteiger partial charge is 0.375 e. The fourth-order valence-electron chi connectivity index (χ4n) is 3.50. The van der Waals surface area contributed by atoms with Crippen molar-refractivity contribution in [2.75, 3.05) is 43.6 Å². The number of aromatic nitrogens is 2. The van der Waals surface area contributed by atoms with Gasteiger partial charge in [-0.2, -0.15) is 0 Å². The van der Waals surface area contributed by atoms with Gasteiger partial charge in [-0.05, 0) is 30.7 Å². The number of morpholine rings is 1. The van der Waals surface area contributed by atoms with Gasteiger partial charge < -0.3 is 24.7 Å². The van der Waals surface area contributed by atoms with Crippen LogP contribution in [-0.2, 0) is 9.47 Å². The Morgan fingerprint density at radius 3 is 2.92 bits per heavy atom. The molecule has 0 amide bonds. The molecule has 2 aromatic rings. The molecule has 0 aliphatic carbocycles. The topological polar surface area (TPSA) is 79.5 Å². The first-order chi connectivity index (χ1) is 12.1. The molecule has 4 rings (SSSR count). The summed E-state index contributed by atoms with van der Waals surface area (Å²) in [5, 5.41) is 3.04. The minimum atomic E-state index is -0.295. The maximum Gasteiger partial charge on any atom is 0.271 e. The molecular weight excluding hydrogens is 320 g/mol. The van der Waals surface area contributed by atoms with Gasteiger partial charge in [-0.3, -0.25) is 4.79 Å². The molecule has 0 radical (unpaired) electrons. The summed E-state index contributed by atoms with van der Waals surface area (Å²) in [5.41, 5.74) is 2.24. The summed E-state index contributed by atoms with van der Waals surface area (Å²) >= 11 is 0. The van der Waals surface area contributed by atoms with E-state index in [1.165, 1.54) is 0 Å². The number of hydrogen-bond donors (Lipinski definition) is 2. The van der Waals surface area contributed by atoms with Crippen LogP contribution in [0.4, 0.5) is 11.5 Å². The van der Waals surface area contributed by atoms with Crippen molar-refractivity contribution < 1.29 is 9.47 Å². The Balaban J connectivity index is 1.71. The van der Waals surface area contributed by atoms with Crippen molar-refractivity contribution in [2.24, 2.45) is 0 Å². The van der Waals surface area contributed by atoms with E-state index in [0.717, 1.165) is 16.9 Å². The molecule has 2 aromatic heterocycles. The molecule has 132 valence electrons. The predicted octanol–water partition coefficient (Wildman–Crippen LogP) is 1.47. The standard InChI is InChI=1S/C18H22N4O3/c1-12-18(10-24-11-18)25-6-5-22(12)15-7-14(9-21-17(15)23)13-3-4-20-16(8-13)19-2/h3-4,7-9,12H,5-6,10-11H2,1-2H3,(H,19,20)(H,21,23). The van der Waals surface area contributed by atoms with Crippen molar-refractivity contribution in [2.45, 2.75) is 18.6 Å². The van der Waals surface area contributed by atoms with E-state index in [-0.39, 0.29) is 17.2 Å². The van der Waals surface area contributed by atoms with Crippen molar-refractivity contribution in [1.82, 2.24) is 9.97 Å². The summed E-state index contributed by atoms with van der Waals surface area (Å²) in [6, 6.07) is 5.92. The first-order valence-electron chi connectivity index (χ1n) is 8.48. The van der Waals surface area contributed by atoms with E-state index < -0.39 is 0 Å². The Labute approximate surface area is 146 Å². The van der Waals surface area contributed by atoms with E-state index in [1.54, 1.807) is 12.4 Å². The van der Waals surface area contributed by atoms with Gasteiger partial charge in [-0.1, -0.05) is 0 Å². The van der Waals surface area contributed by atoms with Crippen LogP contribution in [-0.4, -0.2) is 55.0 Å². The van der Waals surface area contributed by atoms with Crippen LogP contribution >= 0.6 is 0 Å². The van der Waals surface area contributed by atoms with Gasteiger partial charge in [0.1, 0.15) is 17.1 Å². The lowest BCUT2D eigenvalue weighted by atomic mass is 9.90. The second-order valence-electron chi connectivity index (χ2n) is 6.56. The van der Waals surface area contributed by atoms with Gasteiger partial charge in [0.25, 0.3) is 5.56 Å². The number of nitrogens with one attached hydrogen (secondary N) is 2. The van der Waals surface area contributed by atoms with E-state index in [4.69, 9.17) is 9.47 Å². The Hall–Kier alpha value is -2.38. The number of pyridine rings is 2. The zero-order valence-corrected chi connectivity index (χ0v) is 14.4. The second-order valence-corrected chi connectivity index (χ2v) is 6.56. The van der Waals surface area contributed by atoms with E-state index >= 15 is 0 Å². The fourth-order valence-corrected chi connectivity index (χ4v) is 3.50. The van der Waals surface area contributed by atoms with Gasteiger partial charge in [0.2, 0.25) is 0 Å². The Bertz CT molecular complexity index is 831. The van der Waals surface area contributed by atoms with E-state index in [9.17, 15) is 4.79 Å². The van der Waals surface area contributed by atoms with Crippen LogP contribution in [0.1, 0.15) is 6.92 Å². The van der Waals surface area contributed by atoms with Crippen LogP contribution in [0.5, 0.6) is 0 Å². The molecule has 2 N–H and O–H groups in total. The number of nitrogens with zero attached hydrogens (tertiary/aromatic N) is 2. The van der Waals surface area contributed by atoms with Crippen LogP contribution in [0.3, 0.4) is 0 Å². The van der Waals surface area contributed by atoms with Crippen molar-refractivity contribution in [3.8, 4) is 11.1 Å². The van der Waals surface area contributed by atoms with Crippen LogP contribution in [0, 0.1) is 0 Å². The van der Waals surface area contributed by atoms with E-state index in [2.05, 4.69) is 27.1 Å². The quantitative estimate of drug-likeness (QED) is 0.879. The number of ether oxygens (including phenoxy) is 2. The number of hydrogen-bond acceptors (Lipinski definition) is 6. The minimum Gasteiger partial charge on any atom is -0.375 e. The highest BCUT2D eigenvalue weighted by molar-refractivity contribution is 5.69. The number of aromatic amines is 1. The number of anilines is 2. The maximum absolute atomic E-state index is 12.5. The maximum atomic E-state index is 12.5. The second kappa shape index (κ2) is 6.16. The van der Waals surface area contributed by atoms with Crippen molar-refractivity contribution in [1.29, 1.82) is 0 Å². The van der Waals surface area contributed by atoms with Crippen molar-refractivity contribution >= 4 is 11.5 Å². The SMILES string of the molecule is CNc1cc(-c2c[nH]c(=O)c(N3CCOC4(COC4)C3C)c2)ccn1. The highest BCUT2D eigenvalue weighted by Gasteiger charge is 2.50. The molecule has 1 spiro atoms. The van der Waals surface area contributed by atoms with Crippen LogP contribution < -0.4 is 15.8 Å². The lowest BCUT2D eigenvalue weighted by molar-refractivity contribution is -0.228. The average Bonchev–Trinajstić information content (AvgIpc) is 2.61. The van der Waals surface area contributed by atoms with Gasteiger partial charge in [0, 0.05) is 31.5 Å². The van der Waals surface area contributed by atoms with Crippen LogP contribution in [0.15, 0.2) is 35.4 Å². The van der Waals surface area contributed by atoms with Crippen LogP contribution in [0.25, 0.3) is 11.1 Å². The molecule has 2 saturated heterocycles. The summed E-state index contributed by atoms with van der Waals surface area (Å²) in [7, 11) is 1.83. The molecule has 4 heterocycles. The van der Waals surface area contributed by atoms with Gasteiger partial charge >= 0.3 is 0 Å². The van der Waals surface area contributed by atoms with Crippen LogP contribution in [0.2, 0.25) is 0 Å². The highest BCUT2D eigenvalue weighted by atomic mass is 16.6. The first-order valence-corrected chi connectivity index (χ1v) is 8.48. The van der Waals surface area contributed by atoms with Crippen molar-refractivity contribution in [3.05, 3.63) is 40.9 Å². The van der Waals surface area contributed by atoms with Crippen molar-refractivity contribution in [3.63, 3.8) is 0 Å². The molecule has 2 fully saturated rings. The molecule has 7 heteroatoms. The summed E-state index contributed by atoms with van der Waals surface area (Å²) in [5.74, 6) is 0.788. The lowest BCUT2D eigenvalue weighted by Crippen LogP contribution is -2.68. The molecule has 0 aromatic carbocycles. The lowest BCUT2D eigenvalue weighted by Gasteiger charge is -2.53. The van der Waals surface area contributed by atoms with Gasteiger partial charge in [0.05, 0.1) is 25.9 Å². The highest BCUT2D eigenvalue weighted by Crippen LogP contribution is 2.34. The molecular formula is C18H22N4O3. The molecule has 1 atom stereocenters. The smallest absolute Gasteiger partial charge is 0.271 e. The van der Waals surface area contributed by atoms with Gasteiger partial charge in [0.15, 0.2) is 0 Å². The molecule has 0 saturated carbocycles. The van der Waals surface area contributed by atoms with Gasteiger partial charge in [-0.15, -0.1) is 0 Å². The normalized spacial score (nSPS) is 21.8. The first kappa shape index (κ1) is 16.1. The molecule has 0 bridgehead atoms. The molecule has 7 nitrogen and oxygen atoms in total. The monoisotopic (exact) mass is 342 g/mol. The fraction of sp³-hybridized carbons (Fsp3) is 0.444. The summed E-state index contributed by atoms with van der Waals surface area (Å²) in [4.78, 5) is 21.7. The number of rotatable bonds is 3. The van der Waals surface area contributed by atoms with E-state index in [1.807, 2.05) is 25.2 Å². The third kappa shape index (κ3) is 2.69. The van der Waals surface area contributed by atoms with Gasteiger partial charge in [-0.25, -0.2) is 4.98 Å². The minimum absolute atomic E-state index is 0.0802. The van der Waals surface area contributed by atoms with E-state index in [0.29, 0.717) is 32.1 Å². The Kier molecular flexibility index (Phi) is 3.97. The zero-order valence-electron chi connectivity index (χ0n) is 14.4. The Morgan fingerprint density at radius 1 is 1.36 bits per heavy atom. The third-order valence-corrected chi connectivity index (χ3v) is 5.19. The molecule has 1 unspecified atom stereocenters.